The summed E-state index contributed by atoms with van der Waals surface area (Å²) in [6, 6.07) is 5.91. The van der Waals surface area contributed by atoms with Gasteiger partial charge in [0.2, 0.25) is 0 Å². The molecule has 0 spiro atoms. The number of hydrogen-bond acceptors (Lipinski definition) is 3. The van der Waals surface area contributed by atoms with Gasteiger partial charge in [-0.15, -0.1) is 34.2 Å². The topological polar surface area (TPSA) is 66.6 Å². The molecule has 2 rings (SSSR count). The molecule has 0 atom stereocenters. The quantitative estimate of drug-likeness (QED) is 0.430. The average molecular weight is 416 g/mol. The highest BCUT2D eigenvalue weighted by Gasteiger charge is 2.04. The number of nitrogens with zero attached hydrogens (tertiary/aromatic N) is 4. The molecule has 0 radical (unpaired) electrons. The second-order valence-corrected chi connectivity index (χ2v) is 5.40. The van der Waals surface area contributed by atoms with Gasteiger partial charge in [0, 0.05) is 32.8 Å². The molecule has 0 saturated carbocycles. The average Bonchev–Trinajstić information content (AvgIpc) is 2.89. The van der Waals surface area contributed by atoms with Crippen LogP contribution in [-0.2, 0) is 6.42 Å². The predicted octanol–water partition coefficient (Wildman–Crippen LogP) is 2.10. The molecule has 0 amide bonds. The van der Waals surface area contributed by atoms with Crippen LogP contribution >= 0.6 is 24.0 Å². The first-order valence-corrected chi connectivity index (χ1v) is 7.44. The van der Waals surface area contributed by atoms with E-state index in [9.17, 15) is 0 Å². The van der Waals surface area contributed by atoms with E-state index in [0.29, 0.717) is 5.92 Å². The lowest BCUT2D eigenvalue weighted by atomic mass is 10.1. The van der Waals surface area contributed by atoms with Crippen molar-refractivity contribution in [2.24, 2.45) is 10.9 Å². The molecule has 0 aliphatic carbocycles. The van der Waals surface area contributed by atoms with Crippen LogP contribution < -0.4 is 10.6 Å². The highest BCUT2D eigenvalue weighted by molar-refractivity contribution is 14.0. The normalized spacial score (nSPS) is 11.5. The maximum absolute atomic E-state index is 4.22. The van der Waals surface area contributed by atoms with Crippen LogP contribution in [0.2, 0.25) is 0 Å². The number of rotatable bonds is 6. The SMILES string of the molecule is CN=C(NCCc1nnc2ccccn12)NCCC(C)C.I. The Morgan fingerprint density at radius 1 is 1.23 bits per heavy atom. The van der Waals surface area contributed by atoms with Crippen molar-refractivity contribution in [3.8, 4) is 0 Å². The summed E-state index contributed by atoms with van der Waals surface area (Å²) >= 11 is 0. The van der Waals surface area contributed by atoms with Gasteiger partial charge in [0.1, 0.15) is 5.82 Å². The van der Waals surface area contributed by atoms with Gasteiger partial charge in [0.05, 0.1) is 0 Å². The molecule has 0 bridgehead atoms. The van der Waals surface area contributed by atoms with Gasteiger partial charge in [-0.3, -0.25) is 9.39 Å². The predicted molar refractivity (Wildman–Crippen MR) is 101 cm³/mol. The monoisotopic (exact) mass is 416 g/mol. The lowest BCUT2D eigenvalue weighted by Crippen LogP contribution is -2.39. The third kappa shape index (κ3) is 5.43. The highest BCUT2D eigenvalue weighted by atomic mass is 127. The summed E-state index contributed by atoms with van der Waals surface area (Å²) < 4.78 is 2.01. The van der Waals surface area contributed by atoms with Crippen molar-refractivity contribution < 1.29 is 0 Å². The lowest BCUT2D eigenvalue weighted by Gasteiger charge is -2.12. The zero-order valence-electron chi connectivity index (χ0n) is 13.4. The van der Waals surface area contributed by atoms with Crippen molar-refractivity contribution in [3.63, 3.8) is 0 Å². The van der Waals surface area contributed by atoms with Gasteiger partial charge >= 0.3 is 0 Å². The van der Waals surface area contributed by atoms with Crippen LogP contribution in [0, 0.1) is 5.92 Å². The minimum absolute atomic E-state index is 0. The summed E-state index contributed by atoms with van der Waals surface area (Å²) in [6.45, 7) is 6.14. The second-order valence-electron chi connectivity index (χ2n) is 5.40. The van der Waals surface area contributed by atoms with Gasteiger partial charge in [0.25, 0.3) is 0 Å². The number of fused-ring (bicyclic) bond motifs is 1. The number of hydrogen-bond donors (Lipinski definition) is 2. The summed E-state index contributed by atoms with van der Waals surface area (Å²) in [5.41, 5.74) is 0.881. The van der Waals surface area contributed by atoms with Crippen LogP contribution in [-0.4, -0.2) is 40.7 Å². The van der Waals surface area contributed by atoms with Gasteiger partial charge in [0.15, 0.2) is 11.6 Å². The molecule has 0 saturated heterocycles. The molecule has 0 unspecified atom stereocenters. The van der Waals surface area contributed by atoms with E-state index in [1.165, 1.54) is 0 Å². The van der Waals surface area contributed by atoms with Crippen molar-refractivity contribution >= 4 is 35.6 Å². The summed E-state index contributed by atoms with van der Waals surface area (Å²) in [4.78, 5) is 4.22. The van der Waals surface area contributed by atoms with Crippen molar-refractivity contribution in [1.29, 1.82) is 0 Å². The van der Waals surface area contributed by atoms with Crippen LogP contribution in [0.15, 0.2) is 29.4 Å². The third-order valence-corrected chi connectivity index (χ3v) is 3.26. The zero-order chi connectivity index (χ0) is 15.1. The van der Waals surface area contributed by atoms with E-state index in [-0.39, 0.29) is 24.0 Å². The van der Waals surface area contributed by atoms with Crippen molar-refractivity contribution in [2.45, 2.75) is 26.7 Å². The van der Waals surface area contributed by atoms with E-state index in [2.05, 4.69) is 39.7 Å². The molecule has 2 N–H and O–H groups in total. The molecule has 7 heteroatoms. The van der Waals surface area contributed by atoms with Crippen molar-refractivity contribution in [3.05, 3.63) is 30.2 Å². The molecule has 0 fully saturated rings. The minimum atomic E-state index is 0. The maximum Gasteiger partial charge on any atom is 0.190 e. The molecule has 122 valence electrons. The highest BCUT2D eigenvalue weighted by Crippen LogP contribution is 2.02. The maximum atomic E-state index is 4.22. The molecule has 22 heavy (non-hydrogen) atoms. The van der Waals surface area contributed by atoms with Gasteiger partial charge in [-0.25, -0.2) is 0 Å². The largest absolute Gasteiger partial charge is 0.356 e. The van der Waals surface area contributed by atoms with Crippen LogP contribution in [0.4, 0.5) is 0 Å². The molecular formula is C15H25IN6. The van der Waals surface area contributed by atoms with Crippen LogP contribution in [0.3, 0.4) is 0 Å². The van der Waals surface area contributed by atoms with Gasteiger partial charge in [-0.05, 0) is 24.5 Å². The molecule has 0 aliphatic rings. The van der Waals surface area contributed by atoms with Gasteiger partial charge < -0.3 is 10.6 Å². The molecular weight excluding hydrogens is 391 g/mol. The number of aliphatic imine (C=N–C) groups is 1. The Morgan fingerprint density at radius 3 is 2.73 bits per heavy atom. The van der Waals surface area contributed by atoms with E-state index >= 15 is 0 Å². The molecule has 0 aliphatic heterocycles. The summed E-state index contributed by atoms with van der Waals surface area (Å²) in [6.07, 6.45) is 3.92. The van der Waals surface area contributed by atoms with Gasteiger partial charge in [-0.1, -0.05) is 19.9 Å². The first-order chi connectivity index (χ1) is 10.2. The fraction of sp³-hybridized carbons (Fsp3) is 0.533. The van der Waals surface area contributed by atoms with Crippen LogP contribution in [0.5, 0.6) is 0 Å². The van der Waals surface area contributed by atoms with Crippen LogP contribution in [0.25, 0.3) is 5.65 Å². The zero-order valence-corrected chi connectivity index (χ0v) is 15.7. The molecule has 2 aromatic heterocycles. The number of halogens is 1. The fourth-order valence-electron chi connectivity index (χ4n) is 2.05. The van der Waals surface area contributed by atoms with Crippen molar-refractivity contribution in [1.82, 2.24) is 25.2 Å². The van der Waals surface area contributed by atoms with E-state index in [1.807, 2.05) is 28.8 Å². The molecule has 6 nitrogen and oxygen atoms in total. The Balaban J connectivity index is 0.00000242. The third-order valence-electron chi connectivity index (χ3n) is 3.26. The Kier molecular flexibility index (Phi) is 8.15. The Labute approximate surface area is 148 Å². The number of nitrogens with one attached hydrogen (secondary N) is 2. The second kappa shape index (κ2) is 9.60. The number of aromatic nitrogens is 3. The number of guanidine groups is 1. The molecule has 2 aromatic rings. The standard InChI is InChI=1S/C15H24N6.HI/c1-12(2)7-9-17-15(16-3)18-10-8-14-20-19-13-6-4-5-11-21(13)14;/h4-6,11-12H,7-10H2,1-3H3,(H2,16,17,18);1H. The lowest BCUT2D eigenvalue weighted by molar-refractivity contribution is 0.573. The summed E-state index contributed by atoms with van der Waals surface area (Å²) in [5.74, 6) is 2.48. The summed E-state index contributed by atoms with van der Waals surface area (Å²) in [7, 11) is 1.79. The van der Waals surface area contributed by atoms with E-state index in [1.54, 1.807) is 7.05 Å². The first-order valence-electron chi connectivity index (χ1n) is 7.44. The smallest absolute Gasteiger partial charge is 0.190 e. The Hall–Kier alpha value is -1.38. The number of pyridine rings is 1. The minimum Gasteiger partial charge on any atom is -0.356 e. The van der Waals surface area contributed by atoms with E-state index in [0.717, 1.165) is 43.4 Å². The molecule has 2 heterocycles. The Bertz CT molecular complexity index is 592. The molecule has 0 aromatic carbocycles. The first kappa shape index (κ1) is 18.7. The van der Waals surface area contributed by atoms with Gasteiger partial charge in [-0.2, -0.15) is 0 Å². The Morgan fingerprint density at radius 2 is 2.00 bits per heavy atom. The summed E-state index contributed by atoms with van der Waals surface area (Å²) in [5, 5.41) is 15.0. The fourth-order valence-corrected chi connectivity index (χ4v) is 2.05. The van der Waals surface area contributed by atoms with Crippen LogP contribution in [0.1, 0.15) is 26.1 Å². The van der Waals surface area contributed by atoms with E-state index < -0.39 is 0 Å². The van der Waals surface area contributed by atoms with E-state index in [4.69, 9.17) is 0 Å². The van der Waals surface area contributed by atoms with Crippen molar-refractivity contribution in [2.75, 3.05) is 20.1 Å².